The Bertz CT molecular complexity index is 1050. The molecule has 0 aliphatic carbocycles. The highest BCUT2D eigenvalue weighted by Crippen LogP contribution is 2.27. The van der Waals surface area contributed by atoms with Crippen LogP contribution in [0.3, 0.4) is 0 Å². The van der Waals surface area contributed by atoms with Gasteiger partial charge in [0.25, 0.3) is 5.91 Å². The molecule has 162 valence electrons. The fourth-order valence-corrected chi connectivity index (χ4v) is 3.77. The summed E-state index contributed by atoms with van der Waals surface area (Å²) in [6.07, 6.45) is 3.38. The zero-order chi connectivity index (χ0) is 22.4. The number of nitrogens with zero attached hydrogens (tertiary/aromatic N) is 5. The van der Waals surface area contributed by atoms with E-state index in [0.717, 1.165) is 22.7 Å². The maximum Gasteiger partial charge on any atom is 0.250 e. The number of pyridine rings is 1. The van der Waals surface area contributed by atoms with E-state index in [2.05, 4.69) is 70.7 Å². The summed E-state index contributed by atoms with van der Waals surface area (Å²) in [7, 11) is 0. The summed E-state index contributed by atoms with van der Waals surface area (Å²) in [6.45, 7) is 11.2. The molecule has 0 aliphatic rings. The van der Waals surface area contributed by atoms with Gasteiger partial charge in [0.15, 0.2) is 11.0 Å². The highest BCUT2D eigenvalue weighted by atomic mass is 32.2. The van der Waals surface area contributed by atoms with E-state index in [1.165, 1.54) is 17.3 Å². The molecule has 1 aromatic carbocycles. The molecule has 0 bridgehead atoms. The lowest BCUT2D eigenvalue weighted by atomic mass is 9.87. The average molecular weight is 437 g/mol. The van der Waals surface area contributed by atoms with Crippen molar-refractivity contribution in [3.05, 3.63) is 59.9 Å². The van der Waals surface area contributed by atoms with Crippen LogP contribution in [-0.4, -0.2) is 37.1 Å². The van der Waals surface area contributed by atoms with Crippen molar-refractivity contribution in [3.63, 3.8) is 0 Å². The minimum absolute atomic E-state index is 0.101. The number of hydrogen-bond acceptors (Lipinski definition) is 6. The third-order valence-electron chi connectivity index (χ3n) is 4.82. The quantitative estimate of drug-likeness (QED) is 0.339. The highest BCUT2D eigenvalue weighted by Gasteiger charge is 2.17. The van der Waals surface area contributed by atoms with Crippen molar-refractivity contribution >= 4 is 23.4 Å². The predicted octanol–water partition coefficient (Wildman–Crippen LogP) is 4.29. The van der Waals surface area contributed by atoms with Gasteiger partial charge in [-0.05, 0) is 37.0 Å². The van der Waals surface area contributed by atoms with Crippen LogP contribution in [0.1, 0.15) is 45.7 Å². The Labute approximate surface area is 187 Å². The van der Waals surface area contributed by atoms with E-state index >= 15 is 0 Å². The van der Waals surface area contributed by atoms with Crippen molar-refractivity contribution in [1.29, 1.82) is 0 Å². The van der Waals surface area contributed by atoms with Crippen molar-refractivity contribution in [1.82, 2.24) is 25.2 Å². The van der Waals surface area contributed by atoms with E-state index < -0.39 is 0 Å². The van der Waals surface area contributed by atoms with Crippen molar-refractivity contribution in [2.24, 2.45) is 5.10 Å². The van der Waals surface area contributed by atoms with Gasteiger partial charge < -0.3 is 4.57 Å². The molecule has 0 atom stereocenters. The standard InChI is InChI=1S/C23H28N6OS/c1-6-29-21(18-7-9-19(10-8-18)23(3,4)5)27-28-22(29)31-15-20(30)26-25-16(2)17-11-13-24-14-12-17/h7-14H,6,15H2,1-5H3,(H,26,30)/b25-16+. The number of aromatic nitrogens is 4. The molecule has 3 aromatic rings. The van der Waals surface area contributed by atoms with Crippen LogP contribution in [0.25, 0.3) is 11.4 Å². The van der Waals surface area contributed by atoms with E-state index in [1.807, 2.05) is 30.5 Å². The number of carbonyl (C=O) groups is 1. The Hall–Kier alpha value is -3.00. The van der Waals surface area contributed by atoms with Crippen LogP contribution in [0.15, 0.2) is 59.0 Å². The van der Waals surface area contributed by atoms with Crippen molar-refractivity contribution in [2.75, 3.05) is 5.75 Å². The molecule has 3 rings (SSSR count). The van der Waals surface area contributed by atoms with Crippen LogP contribution in [0.2, 0.25) is 0 Å². The first kappa shape index (κ1) is 22.7. The zero-order valence-corrected chi connectivity index (χ0v) is 19.4. The first-order valence-electron chi connectivity index (χ1n) is 10.2. The Kier molecular flexibility index (Phi) is 7.22. The van der Waals surface area contributed by atoms with Crippen LogP contribution in [0, 0.1) is 0 Å². The van der Waals surface area contributed by atoms with Gasteiger partial charge in [0.05, 0.1) is 11.5 Å². The Morgan fingerprint density at radius 1 is 1.10 bits per heavy atom. The molecule has 0 saturated carbocycles. The Morgan fingerprint density at radius 3 is 2.39 bits per heavy atom. The fourth-order valence-electron chi connectivity index (χ4n) is 2.98. The van der Waals surface area contributed by atoms with Crippen LogP contribution in [0.4, 0.5) is 0 Å². The van der Waals surface area contributed by atoms with Gasteiger partial charge in [-0.3, -0.25) is 9.78 Å². The lowest BCUT2D eigenvalue weighted by Gasteiger charge is -2.19. The second-order valence-electron chi connectivity index (χ2n) is 8.13. The maximum atomic E-state index is 12.3. The summed E-state index contributed by atoms with van der Waals surface area (Å²) in [5, 5.41) is 13.5. The molecule has 0 radical (unpaired) electrons. The molecule has 0 unspecified atom stereocenters. The first-order chi connectivity index (χ1) is 14.8. The molecular weight excluding hydrogens is 408 g/mol. The molecule has 7 nitrogen and oxygen atoms in total. The summed E-state index contributed by atoms with van der Waals surface area (Å²) < 4.78 is 2.02. The smallest absolute Gasteiger partial charge is 0.250 e. The molecule has 2 heterocycles. The van der Waals surface area contributed by atoms with Crippen LogP contribution in [-0.2, 0) is 16.8 Å². The topological polar surface area (TPSA) is 85.1 Å². The SMILES string of the molecule is CCn1c(SCC(=O)N/N=C(\C)c2ccncc2)nnc1-c1ccc(C(C)(C)C)cc1. The lowest BCUT2D eigenvalue weighted by Crippen LogP contribution is -2.21. The number of rotatable bonds is 7. The molecule has 8 heteroatoms. The number of carbonyl (C=O) groups excluding carboxylic acids is 1. The van der Waals surface area contributed by atoms with Gasteiger partial charge in [-0.1, -0.05) is 56.8 Å². The van der Waals surface area contributed by atoms with Crippen molar-refractivity contribution in [3.8, 4) is 11.4 Å². The van der Waals surface area contributed by atoms with Crippen LogP contribution >= 0.6 is 11.8 Å². The van der Waals surface area contributed by atoms with Gasteiger partial charge in [-0.2, -0.15) is 5.10 Å². The molecule has 31 heavy (non-hydrogen) atoms. The van der Waals surface area contributed by atoms with E-state index in [4.69, 9.17) is 0 Å². The summed E-state index contributed by atoms with van der Waals surface area (Å²) >= 11 is 1.35. The number of hydrazone groups is 1. The molecule has 1 N–H and O–H groups in total. The minimum atomic E-state index is -0.194. The molecule has 0 saturated heterocycles. The molecule has 1 amide bonds. The monoisotopic (exact) mass is 436 g/mol. The summed E-state index contributed by atoms with van der Waals surface area (Å²) in [5.74, 6) is 0.811. The number of thioether (sulfide) groups is 1. The molecule has 0 spiro atoms. The van der Waals surface area contributed by atoms with E-state index in [0.29, 0.717) is 11.7 Å². The second-order valence-corrected chi connectivity index (χ2v) is 9.08. The number of amides is 1. The third-order valence-corrected chi connectivity index (χ3v) is 5.79. The predicted molar refractivity (Wildman–Crippen MR) is 125 cm³/mol. The van der Waals surface area contributed by atoms with E-state index in [-0.39, 0.29) is 17.1 Å². The fraction of sp³-hybridized carbons (Fsp3) is 0.348. The average Bonchev–Trinajstić information content (AvgIpc) is 3.19. The van der Waals surface area contributed by atoms with Gasteiger partial charge in [-0.15, -0.1) is 10.2 Å². The van der Waals surface area contributed by atoms with Crippen molar-refractivity contribution < 1.29 is 4.79 Å². The van der Waals surface area contributed by atoms with Crippen molar-refractivity contribution in [2.45, 2.75) is 51.7 Å². The molecule has 0 aliphatic heterocycles. The Morgan fingerprint density at radius 2 is 1.77 bits per heavy atom. The third kappa shape index (κ3) is 5.79. The summed E-state index contributed by atoms with van der Waals surface area (Å²) in [5.41, 5.74) is 6.61. The lowest BCUT2D eigenvalue weighted by molar-refractivity contribution is -0.118. The van der Waals surface area contributed by atoms with E-state index in [9.17, 15) is 4.79 Å². The number of hydrogen-bond donors (Lipinski definition) is 1. The van der Waals surface area contributed by atoms with Gasteiger partial charge in [0, 0.05) is 30.1 Å². The van der Waals surface area contributed by atoms with Crippen LogP contribution in [0.5, 0.6) is 0 Å². The van der Waals surface area contributed by atoms with E-state index in [1.54, 1.807) is 12.4 Å². The number of nitrogens with one attached hydrogen (secondary N) is 1. The largest absolute Gasteiger partial charge is 0.302 e. The first-order valence-corrected chi connectivity index (χ1v) is 11.2. The Balaban J connectivity index is 1.65. The number of benzene rings is 1. The molecule has 2 aromatic heterocycles. The highest BCUT2D eigenvalue weighted by molar-refractivity contribution is 7.99. The normalized spacial score (nSPS) is 12.1. The van der Waals surface area contributed by atoms with Gasteiger partial charge >= 0.3 is 0 Å². The summed E-state index contributed by atoms with van der Waals surface area (Å²) in [4.78, 5) is 16.2. The second kappa shape index (κ2) is 9.87. The molecular formula is C23H28N6OS. The van der Waals surface area contributed by atoms with Crippen LogP contribution < -0.4 is 5.43 Å². The van der Waals surface area contributed by atoms with Gasteiger partial charge in [-0.25, -0.2) is 5.43 Å². The zero-order valence-electron chi connectivity index (χ0n) is 18.6. The maximum absolute atomic E-state index is 12.3. The summed E-state index contributed by atoms with van der Waals surface area (Å²) in [6, 6.07) is 12.1. The minimum Gasteiger partial charge on any atom is -0.302 e. The molecule has 0 fully saturated rings. The van der Waals surface area contributed by atoms with Gasteiger partial charge in [0.1, 0.15) is 0 Å². The van der Waals surface area contributed by atoms with Gasteiger partial charge in [0.2, 0.25) is 0 Å².